The topological polar surface area (TPSA) is 104 Å². The molecule has 2 unspecified atom stereocenters. The molecule has 0 radical (unpaired) electrons. The highest BCUT2D eigenvalue weighted by molar-refractivity contribution is 6.25. The van der Waals surface area contributed by atoms with Crippen molar-refractivity contribution in [1.29, 1.82) is 0 Å². The van der Waals surface area contributed by atoms with Gasteiger partial charge in [0.2, 0.25) is 11.8 Å². The third-order valence-corrected chi connectivity index (χ3v) is 7.60. The first-order valence-corrected chi connectivity index (χ1v) is 12.5. The van der Waals surface area contributed by atoms with Crippen molar-refractivity contribution in [2.45, 2.75) is 31.8 Å². The molecule has 0 spiro atoms. The quantitative estimate of drug-likeness (QED) is 0.441. The highest BCUT2D eigenvalue weighted by atomic mass is 16.2. The SMILES string of the molecule is Nc1cccc2c1C(=O)N(CC(=O)N1c3ccccc3N(Cc3ccccc3)C(=O)C3CCCC31)C2=O. The molecule has 3 aliphatic rings. The monoisotopic (exact) mass is 494 g/mol. The van der Waals surface area contributed by atoms with Crippen molar-refractivity contribution < 1.29 is 19.2 Å². The van der Waals surface area contributed by atoms with Crippen LogP contribution in [0.4, 0.5) is 17.1 Å². The minimum atomic E-state index is -0.570. The Hall–Kier alpha value is -4.46. The molecule has 2 atom stereocenters. The Kier molecular flexibility index (Phi) is 5.52. The first-order chi connectivity index (χ1) is 18.0. The molecule has 37 heavy (non-hydrogen) atoms. The molecule has 2 heterocycles. The largest absolute Gasteiger partial charge is 0.398 e. The predicted octanol–water partition coefficient (Wildman–Crippen LogP) is 3.61. The third kappa shape index (κ3) is 3.67. The zero-order chi connectivity index (χ0) is 25.7. The fourth-order valence-electron chi connectivity index (χ4n) is 5.89. The number of nitrogens with zero attached hydrogens (tertiary/aromatic N) is 3. The van der Waals surface area contributed by atoms with Crippen LogP contribution < -0.4 is 15.5 Å². The smallest absolute Gasteiger partial charge is 0.264 e. The lowest BCUT2D eigenvalue weighted by molar-refractivity contribution is -0.123. The summed E-state index contributed by atoms with van der Waals surface area (Å²) in [6, 6.07) is 21.5. The van der Waals surface area contributed by atoms with Crippen molar-refractivity contribution in [3.63, 3.8) is 0 Å². The van der Waals surface area contributed by atoms with Gasteiger partial charge in [0.05, 0.1) is 35.0 Å². The van der Waals surface area contributed by atoms with Gasteiger partial charge >= 0.3 is 0 Å². The van der Waals surface area contributed by atoms with Crippen molar-refractivity contribution >= 4 is 40.7 Å². The Balaban J connectivity index is 1.37. The molecule has 4 amide bonds. The van der Waals surface area contributed by atoms with Gasteiger partial charge in [-0.2, -0.15) is 0 Å². The number of rotatable bonds is 4. The number of benzene rings is 3. The van der Waals surface area contributed by atoms with Crippen LogP contribution in [0.15, 0.2) is 72.8 Å². The molecular formula is C29H26N4O4. The Morgan fingerprint density at radius 3 is 2.30 bits per heavy atom. The normalized spacial score (nSPS) is 20.5. The second-order valence-electron chi connectivity index (χ2n) is 9.73. The van der Waals surface area contributed by atoms with E-state index >= 15 is 0 Å². The van der Waals surface area contributed by atoms with Gasteiger partial charge < -0.3 is 15.5 Å². The van der Waals surface area contributed by atoms with Crippen molar-refractivity contribution in [3.05, 3.63) is 89.5 Å². The maximum atomic E-state index is 13.9. The lowest BCUT2D eigenvalue weighted by Crippen LogP contribution is -2.49. The molecule has 2 N–H and O–H groups in total. The standard InChI is InChI=1S/C29H26N4O4/c30-21-12-6-11-20-26(21)29(37)32(28(20)36)17-25(34)33-22-15-7-10-19(22)27(35)31(16-18-8-2-1-3-9-18)23-13-4-5-14-24(23)33/h1-6,8-9,11-14,19,22H,7,10,15-17,30H2. The van der Waals surface area contributed by atoms with Crippen LogP contribution in [-0.2, 0) is 16.1 Å². The van der Waals surface area contributed by atoms with Crippen LogP contribution in [0.3, 0.4) is 0 Å². The van der Waals surface area contributed by atoms with Crippen molar-refractivity contribution in [1.82, 2.24) is 4.90 Å². The fraction of sp³-hybridized carbons (Fsp3) is 0.241. The van der Waals surface area contributed by atoms with Crippen LogP contribution in [0.25, 0.3) is 0 Å². The minimum Gasteiger partial charge on any atom is -0.398 e. The summed E-state index contributed by atoms with van der Waals surface area (Å²) < 4.78 is 0. The average Bonchev–Trinajstić information content (AvgIpc) is 3.45. The molecule has 0 saturated heterocycles. The number of amides is 4. The molecule has 0 aromatic heterocycles. The molecule has 3 aromatic rings. The van der Waals surface area contributed by atoms with Gasteiger partial charge in [-0.15, -0.1) is 0 Å². The maximum absolute atomic E-state index is 13.9. The fourth-order valence-corrected chi connectivity index (χ4v) is 5.89. The summed E-state index contributed by atoms with van der Waals surface area (Å²) in [5.41, 5.74) is 8.77. The summed E-state index contributed by atoms with van der Waals surface area (Å²) in [5, 5.41) is 0. The van der Waals surface area contributed by atoms with Gasteiger partial charge in [0.15, 0.2) is 0 Å². The summed E-state index contributed by atoms with van der Waals surface area (Å²) in [6.07, 6.45) is 2.16. The number of anilines is 3. The molecular weight excluding hydrogens is 468 g/mol. The number of nitrogen functional groups attached to an aromatic ring is 1. The zero-order valence-corrected chi connectivity index (χ0v) is 20.2. The summed E-state index contributed by atoms with van der Waals surface area (Å²) in [6.45, 7) is -0.0319. The second kappa shape index (κ2) is 8.89. The molecule has 8 nitrogen and oxygen atoms in total. The molecule has 3 aromatic carbocycles. The number of hydrogen-bond acceptors (Lipinski definition) is 5. The lowest BCUT2D eigenvalue weighted by Gasteiger charge is -2.31. The number of hydrogen-bond donors (Lipinski definition) is 1. The number of para-hydroxylation sites is 2. The van der Waals surface area contributed by atoms with Crippen LogP contribution >= 0.6 is 0 Å². The number of carbonyl (C=O) groups is 4. The second-order valence-corrected chi connectivity index (χ2v) is 9.73. The van der Waals surface area contributed by atoms with E-state index in [0.29, 0.717) is 30.8 Å². The Labute approximate surface area is 214 Å². The molecule has 0 bridgehead atoms. The maximum Gasteiger partial charge on any atom is 0.264 e. The van der Waals surface area contributed by atoms with Crippen molar-refractivity contribution in [3.8, 4) is 0 Å². The van der Waals surface area contributed by atoms with Gasteiger partial charge in [-0.25, -0.2) is 0 Å². The van der Waals surface area contributed by atoms with E-state index in [1.165, 1.54) is 0 Å². The summed E-state index contributed by atoms with van der Waals surface area (Å²) in [5.74, 6) is -1.87. The number of nitrogens with two attached hydrogens (primary N) is 1. The highest BCUT2D eigenvalue weighted by Crippen LogP contribution is 2.43. The Morgan fingerprint density at radius 2 is 1.54 bits per heavy atom. The van der Waals surface area contributed by atoms with Gasteiger partial charge in [-0.1, -0.05) is 55.0 Å². The molecule has 1 saturated carbocycles. The van der Waals surface area contributed by atoms with Crippen LogP contribution in [0.1, 0.15) is 45.5 Å². The van der Waals surface area contributed by atoms with Crippen LogP contribution in [0.5, 0.6) is 0 Å². The number of fused-ring (bicyclic) bond motifs is 3. The van der Waals surface area contributed by atoms with E-state index in [0.717, 1.165) is 16.9 Å². The molecule has 1 fully saturated rings. The van der Waals surface area contributed by atoms with Gasteiger partial charge in [0, 0.05) is 11.7 Å². The van der Waals surface area contributed by atoms with E-state index in [1.807, 2.05) is 54.6 Å². The van der Waals surface area contributed by atoms with Gasteiger partial charge in [0.1, 0.15) is 6.54 Å². The van der Waals surface area contributed by atoms with Crippen LogP contribution in [0, 0.1) is 5.92 Å². The van der Waals surface area contributed by atoms with E-state index in [1.54, 1.807) is 28.0 Å². The highest BCUT2D eigenvalue weighted by Gasteiger charge is 2.47. The average molecular weight is 495 g/mol. The predicted molar refractivity (Wildman–Crippen MR) is 139 cm³/mol. The molecule has 6 rings (SSSR count). The van der Waals surface area contributed by atoms with E-state index in [2.05, 4.69) is 0 Å². The molecule has 8 heteroatoms. The first-order valence-electron chi connectivity index (χ1n) is 12.5. The van der Waals surface area contributed by atoms with Crippen molar-refractivity contribution in [2.75, 3.05) is 22.1 Å². The van der Waals surface area contributed by atoms with Crippen molar-refractivity contribution in [2.24, 2.45) is 5.92 Å². The Bertz CT molecular complexity index is 1440. The van der Waals surface area contributed by atoms with Gasteiger partial charge in [0.25, 0.3) is 11.8 Å². The van der Waals surface area contributed by atoms with E-state index in [9.17, 15) is 19.2 Å². The summed E-state index contributed by atoms with van der Waals surface area (Å²) in [7, 11) is 0. The van der Waals surface area contributed by atoms with Crippen LogP contribution in [0.2, 0.25) is 0 Å². The summed E-state index contributed by atoms with van der Waals surface area (Å²) >= 11 is 0. The Morgan fingerprint density at radius 1 is 0.811 bits per heavy atom. The van der Waals surface area contributed by atoms with E-state index < -0.39 is 24.3 Å². The number of carbonyl (C=O) groups excluding carboxylic acids is 4. The zero-order valence-electron chi connectivity index (χ0n) is 20.2. The molecule has 186 valence electrons. The van der Waals surface area contributed by atoms with Crippen LogP contribution in [-0.4, -0.2) is 41.1 Å². The lowest BCUT2D eigenvalue weighted by atomic mass is 10.0. The number of imide groups is 1. The van der Waals surface area contributed by atoms with Gasteiger partial charge in [-0.3, -0.25) is 24.1 Å². The minimum absolute atomic E-state index is 0.0115. The first kappa shape index (κ1) is 23.0. The molecule has 1 aliphatic carbocycles. The van der Waals surface area contributed by atoms with E-state index in [-0.39, 0.29) is 34.7 Å². The van der Waals surface area contributed by atoms with E-state index in [4.69, 9.17) is 5.73 Å². The third-order valence-electron chi connectivity index (χ3n) is 7.60. The summed E-state index contributed by atoms with van der Waals surface area (Å²) in [4.78, 5) is 58.3. The van der Waals surface area contributed by atoms with Gasteiger partial charge in [-0.05, 0) is 42.7 Å². The molecule has 2 aliphatic heterocycles.